The summed E-state index contributed by atoms with van der Waals surface area (Å²) >= 11 is 0. The molecule has 0 saturated heterocycles. The molecule has 0 bridgehead atoms. The van der Waals surface area contributed by atoms with Crippen LogP contribution in [-0.2, 0) is 0 Å². The van der Waals surface area contributed by atoms with E-state index in [4.69, 9.17) is 4.74 Å². The van der Waals surface area contributed by atoms with Gasteiger partial charge in [-0.25, -0.2) is 4.79 Å². The lowest BCUT2D eigenvalue weighted by atomic mass is 9.88. The summed E-state index contributed by atoms with van der Waals surface area (Å²) in [6, 6.07) is 29.2. The van der Waals surface area contributed by atoms with Crippen molar-refractivity contribution in [2.75, 3.05) is 46.9 Å². The first-order chi connectivity index (χ1) is 17.5. The number of hydrogen-bond donors (Lipinski definition) is 1. The lowest BCUT2D eigenvalue weighted by Crippen LogP contribution is -2.40. The van der Waals surface area contributed by atoms with Gasteiger partial charge in [-0.2, -0.15) is 0 Å². The lowest BCUT2D eigenvalue weighted by molar-refractivity contribution is 0.203. The second-order valence-electron chi connectivity index (χ2n) is 8.92. The van der Waals surface area contributed by atoms with Crippen LogP contribution in [0.3, 0.4) is 0 Å². The van der Waals surface area contributed by atoms with Crippen molar-refractivity contribution in [3.63, 3.8) is 0 Å². The zero-order valence-electron chi connectivity index (χ0n) is 22.0. The SMILES string of the molecule is CCN(CC)C(=O)NCC/C(=C(\c1ccccc1)c1ccc(OCCN(C)C)cc1)c1ccccc1. The molecule has 190 valence electrons. The second-order valence-corrected chi connectivity index (χ2v) is 8.92. The standard InChI is InChI=1S/C31H39N3O2/c1-5-34(6-2)31(35)32-22-21-29(25-13-9-7-10-14-25)30(26-15-11-8-12-16-26)27-17-19-28(20-18-27)36-24-23-33(3)4/h7-20H,5-6,21-24H2,1-4H3,(H,32,35)/b30-29-. The fourth-order valence-corrected chi connectivity index (χ4v) is 4.15. The molecule has 36 heavy (non-hydrogen) atoms. The van der Waals surface area contributed by atoms with E-state index in [1.54, 1.807) is 4.90 Å². The van der Waals surface area contributed by atoms with Gasteiger partial charge in [-0.3, -0.25) is 0 Å². The van der Waals surface area contributed by atoms with Gasteiger partial charge in [0.2, 0.25) is 0 Å². The number of ether oxygens (including phenoxy) is 1. The Morgan fingerprint density at radius 3 is 1.89 bits per heavy atom. The third-order valence-corrected chi connectivity index (χ3v) is 6.14. The van der Waals surface area contributed by atoms with E-state index in [0.717, 1.165) is 29.0 Å². The molecule has 0 radical (unpaired) electrons. The van der Waals surface area contributed by atoms with E-state index >= 15 is 0 Å². The highest BCUT2D eigenvalue weighted by atomic mass is 16.5. The fourth-order valence-electron chi connectivity index (χ4n) is 4.15. The minimum Gasteiger partial charge on any atom is -0.492 e. The molecular weight excluding hydrogens is 446 g/mol. The number of likely N-dealkylation sites (N-methyl/N-ethyl adjacent to an activating group) is 1. The molecule has 1 N–H and O–H groups in total. The molecule has 0 spiro atoms. The van der Waals surface area contributed by atoms with Gasteiger partial charge in [0.05, 0.1) is 0 Å². The molecule has 0 fully saturated rings. The van der Waals surface area contributed by atoms with Crippen LogP contribution in [0.4, 0.5) is 4.79 Å². The highest BCUT2D eigenvalue weighted by Gasteiger charge is 2.16. The third kappa shape index (κ3) is 7.72. The topological polar surface area (TPSA) is 44.8 Å². The quantitative estimate of drug-likeness (QED) is 0.319. The molecule has 2 amide bonds. The average molecular weight is 486 g/mol. The highest BCUT2D eigenvalue weighted by molar-refractivity contribution is 5.98. The van der Waals surface area contributed by atoms with Crippen LogP contribution in [0.15, 0.2) is 84.9 Å². The Bertz CT molecular complexity index is 1090. The van der Waals surface area contributed by atoms with E-state index < -0.39 is 0 Å². The molecule has 3 rings (SSSR count). The number of nitrogens with one attached hydrogen (secondary N) is 1. The van der Waals surface area contributed by atoms with Gasteiger partial charge in [0, 0.05) is 26.2 Å². The number of urea groups is 1. The number of rotatable bonds is 12. The normalized spacial score (nSPS) is 11.7. The summed E-state index contributed by atoms with van der Waals surface area (Å²) in [6.07, 6.45) is 0.711. The van der Waals surface area contributed by atoms with Crippen molar-refractivity contribution >= 4 is 17.2 Å². The van der Waals surface area contributed by atoms with Crippen LogP contribution >= 0.6 is 0 Å². The molecule has 0 aliphatic heterocycles. The van der Waals surface area contributed by atoms with Crippen LogP contribution in [0.2, 0.25) is 0 Å². The Balaban J connectivity index is 1.98. The molecule has 0 heterocycles. The molecule has 5 nitrogen and oxygen atoms in total. The Morgan fingerprint density at radius 2 is 1.33 bits per heavy atom. The van der Waals surface area contributed by atoms with Crippen molar-refractivity contribution in [1.29, 1.82) is 0 Å². The Hall–Kier alpha value is -3.57. The van der Waals surface area contributed by atoms with Crippen molar-refractivity contribution in [2.45, 2.75) is 20.3 Å². The van der Waals surface area contributed by atoms with E-state index in [9.17, 15) is 4.79 Å². The first-order valence-electron chi connectivity index (χ1n) is 12.8. The molecule has 0 aromatic heterocycles. The van der Waals surface area contributed by atoms with Crippen molar-refractivity contribution in [3.05, 3.63) is 102 Å². The largest absolute Gasteiger partial charge is 0.492 e. The first-order valence-corrected chi connectivity index (χ1v) is 12.8. The van der Waals surface area contributed by atoms with Crippen molar-refractivity contribution in [2.24, 2.45) is 0 Å². The molecule has 3 aromatic rings. The Kier molecular flexibility index (Phi) is 10.6. The van der Waals surface area contributed by atoms with Crippen LogP contribution < -0.4 is 10.1 Å². The molecular formula is C31H39N3O2. The average Bonchev–Trinajstić information content (AvgIpc) is 2.90. The lowest BCUT2D eigenvalue weighted by Gasteiger charge is -2.21. The van der Waals surface area contributed by atoms with Crippen molar-refractivity contribution in [1.82, 2.24) is 15.1 Å². The number of nitrogens with zero attached hydrogens (tertiary/aromatic N) is 2. The van der Waals surface area contributed by atoms with Gasteiger partial charge in [0.15, 0.2) is 0 Å². The van der Waals surface area contributed by atoms with Gasteiger partial charge >= 0.3 is 6.03 Å². The number of carbonyl (C=O) groups is 1. The molecule has 0 atom stereocenters. The minimum atomic E-state index is -0.0205. The number of hydrogen-bond acceptors (Lipinski definition) is 3. The van der Waals surface area contributed by atoms with E-state index in [1.165, 1.54) is 11.1 Å². The van der Waals surface area contributed by atoms with E-state index in [2.05, 4.69) is 70.9 Å². The van der Waals surface area contributed by atoms with E-state index in [0.29, 0.717) is 32.7 Å². The maximum atomic E-state index is 12.6. The summed E-state index contributed by atoms with van der Waals surface area (Å²) in [7, 11) is 4.08. The Labute approximate surface area is 216 Å². The van der Waals surface area contributed by atoms with Crippen LogP contribution in [0.1, 0.15) is 37.0 Å². The van der Waals surface area contributed by atoms with E-state index in [-0.39, 0.29) is 6.03 Å². The summed E-state index contributed by atoms with van der Waals surface area (Å²) in [5.74, 6) is 0.862. The highest BCUT2D eigenvalue weighted by Crippen LogP contribution is 2.35. The second kappa shape index (κ2) is 14.1. The van der Waals surface area contributed by atoms with Crippen LogP contribution in [0.25, 0.3) is 11.1 Å². The predicted molar refractivity (Wildman–Crippen MR) is 150 cm³/mol. The maximum Gasteiger partial charge on any atom is 0.317 e. The predicted octanol–water partition coefficient (Wildman–Crippen LogP) is 6.03. The summed E-state index contributed by atoms with van der Waals surface area (Å²) in [5, 5.41) is 3.11. The fraction of sp³-hybridized carbons (Fsp3) is 0.323. The van der Waals surface area contributed by atoms with Crippen molar-refractivity contribution in [3.8, 4) is 5.75 Å². The zero-order valence-corrected chi connectivity index (χ0v) is 22.0. The number of benzene rings is 3. The van der Waals surface area contributed by atoms with Gasteiger partial charge in [-0.05, 0) is 74.3 Å². The van der Waals surface area contributed by atoms with Crippen LogP contribution in [-0.4, -0.2) is 62.7 Å². The van der Waals surface area contributed by atoms with Gasteiger partial charge in [0.25, 0.3) is 0 Å². The summed E-state index contributed by atoms with van der Waals surface area (Å²) < 4.78 is 5.93. The molecule has 0 aliphatic carbocycles. The molecule has 0 saturated carbocycles. The summed E-state index contributed by atoms with van der Waals surface area (Å²) in [6.45, 7) is 7.47. The summed E-state index contributed by atoms with van der Waals surface area (Å²) in [4.78, 5) is 16.5. The van der Waals surface area contributed by atoms with Gasteiger partial charge < -0.3 is 19.9 Å². The Morgan fingerprint density at radius 1 is 0.778 bits per heavy atom. The van der Waals surface area contributed by atoms with Crippen molar-refractivity contribution < 1.29 is 9.53 Å². The van der Waals surface area contributed by atoms with Gasteiger partial charge in [-0.15, -0.1) is 0 Å². The minimum absolute atomic E-state index is 0.0205. The number of amides is 2. The maximum absolute atomic E-state index is 12.6. The van der Waals surface area contributed by atoms with Gasteiger partial charge in [-0.1, -0.05) is 72.8 Å². The smallest absolute Gasteiger partial charge is 0.317 e. The van der Waals surface area contributed by atoms with Gasteiger partial charge in [0.1, 0.15) is 12.4 Å². The molecule has 0 aliphatic rings. The summed E-state index contributed by atoms with van der Waals surface area (Å²) in [5.41, 5.74) is 5.78. The number of carbonyl (C=O) groups excluding carboxylic acids is 1. The molecule has 5 heteroatoms. The van der Waals surface area contributed by atoms with E-state index in [1.807, 2.05) is 52.2 Å². The van der Waals surface area contributed by atoms with Crippen LogP contribution in [0.5, 0.6) is 5.75 Å². The zero-order chi connectivity index (χ0) is 25.8. The molecule has 3 aromatic carbocycles. The first kappa shape index (κ1) is 27.0. The van der Waals surface area contributed by atoms with Crippen LogP contribution in [0, 0.1) is 0 Å². The molecule has 0 unspecified atom stereocenters. The monoisotopic (exact) mass is 485 g/mol. The third-order valence-electron chi connectivity index (χ3n) is 6.14.